The van der Waals surface area contributed by atoms with Gasteiger partial charge in [0.2, 0.25) is 0 Å². The van der Waals surface area contributed by atoms with Crippen molar-refractivity contribution < 1.29 is 0 Å². The molecule has 2 aromatic carbocycles. The monoisotopic (exact) mass is 223 g/mol. The lowest BCUT2D eigenvalue weighted by molar-refractivity contribution is 0.893. The van der Waals surface area contributed by atoms with Gasteiger partial charge in [0.15, 0.2) is 0 Å². The summed E-state index contributed by atoms with van der Waals surface area (Å²) in [4.78, 5) is 0. The second kappa shape index (κ2) is 3.63. The first-order valence-corrected chi connectivity index (χ1v) is 5.55. The van der Waals surface area contributed by atoms with Gasteiger partial charge in [-0.3, -0.25) is 0 Å². The van der Waals surface area contributed by atoms with E-state index in [1.165, 1.54) is 10.8 Å². The summed E-state index contributed by atoms with van der Waals surface area (Å²) in [5.74, 6) is 0.581. The van der Waals surface area contributed by atoms with Crippen molar-refractivity contribution in [2.75, 3.05) is 5.73 Å². The molecule has 3 nitrogen and oxygen atoms in total. The fourth-order valence-corrected chi connectivity index (χ4v) is 2.00. The molecule has 0 amide bonds. The number of aryl methyl sites for hydroxylation is 1. The first kappa shape index (κ1) is 9.90. The van der Waals surface area contributed by atoms with Crippen LogP contribution in [0.1, 0.15) is 5.56 Å². The molecule has 1 heterocycles. The Labute approximate surface area is 99.5 Å². The van der Waals surface area contributed by atoms with E-state index >= 15 is 0 Å². The first-order valence-electron chi connectivity index (χ1n) is 5.55. The Morgan fingerprint density at radius 1 is 1.06 bits per heavy atom. The second-order valence-electron chi connectivity index (χ2n) is 4.14. The lowest BCUT2D eigenvalue weighted by Crippen LogP contribution is -1.97. The number of benzene rings is 2. The molecule has 3 heteroatoms. The molecule has 0 saturated heterocycles. The third kappa shape index (κ3) is 1.56. The van der Waals surface area contributed by atoms with Crippen molar-refractivity contribution in [1.82, 2.24) is 9.78 Å². The van der Waals surface area contributed by atoms with Crippen LogP contribution in [0.4, 0.5) is 5.82 Å². The fraction of sp³-hybridized carbons (Fsp3) is 0.0714. The van der Waals surface area contributed by atoms with Crippen molar-refractivity contribution in [1.29, 1.82) is 0 Å². The number of nitrogens with zero attached hydrogens (tertiary/aromatic N) is 2. The van der Waals surface area contributed by atoms with Crippen LogP contribution < -0.4 is 5.73 Å². The molecule has 0 aliphatic rings. The van der Waals surface area contributed by atoms with Crippen LogP contribution in [0.25, 0.3) is 16.5 Å². The molecule has 0 bridgehead atoms. The van der Waals surface area contributed by atoms with Gasteiger partial charge in [-0.2, -0.15) is 5.10 Å². The van der Waals surface area contributed by atoms with Gasteiger partial charge in [-0.05, 0) is 18.4 Å². The summed E-state index contributed by atoms with van der Waals surface area (Å²) < 4.78 is 1.84. The zero-order chi connectivity index (χ0) is 11.8. The number of hydrogen-bond acceptors (Lipinski definition) is 2. The highest BCUT2D eigenvalue weighted by Crippen LogP contribution is 2.22. The quantitative estimate of drug-likeness (QED) is 0.689. The standard InChI is InChI=1S/C14H13N3/c1-10-9-17(16-14(10)15)13-8-4-6-11-5-2-3-7-12(11)13/h2-9H,1H3,(H2,15,16). The molecule has 0 atom stereocenters. The van der Waals surface area contributed by atoms with Crippen molar-refractivity contribution in [2.45, 2.75) is 6.92 Å². The number of nitrogen functional groups attached to an aromatic ring is 1. The molecular formula is C14H13N3. The molecule has 1 aromatic heterocycles. The molecule has 17 heavy (non-hydrogen) atoms. The molecule has 0 radical (unpaired) electrons. The van der Waals surface area contributed by atoms with Crippen molar-refractivity contribution in [2.24, 2.45) is 0 Å². The number of fused-ring (bicyclic) bond motifs is 1. The van der Waals surface area contributed by atoms with E-state index in [-0.39, 0.29) is 0 Å². The van der Waals surface area contributed by atoms with Crippen LogP contribution in [0.2, 0.25) is 0 Å². The van der Waals surface area contributed by atoms with Crippen LogP contribution >= 0.6 is 0 Å². The molecule has 0 saturated carbocycles. The molecule has 84 valence electrons. The van der Waals surface area contributed by atoms with Crippen LogP contribution in [0.5, 0.6) is 0 Å². The van der Waals surface area contributed by atoms with Crippen molar-refractivity contribution in [3.05, 3.63) is 54.2 Å². The molecule has 0 aliphatic heterocycles. The summed E-state index contributed by atoms with van der Waals surface area (Å²) in [6.45, 7) is 1.96. The average molecular weight is 223 g/mol. The van der Waals surface area contributed by atoms with E-state index in [9.17, 15) is 0 Å². The Kier molecular flexibility index (Phi) is 2.11. The van der Waals surface area contributed by atoms with Crippen molar-refractivity contribution in [3.63, 3.8) is 0 Å². The molecule has 0 spiro atoms. The topological polar surface area (TPSA) is 43.8 Å². The van der Waals surface area contributed by atoms with Gasteiger partial charge in [0.1, 0.15) is 5.82 Å². The van der Waals surface area contributed by atoms with E-state index in [4.69, 9.17) is 5.73 Å². The third-order valence-electron chi connectivity index (χ3n) is 2.95. The minimum Gasteiger partial charge on any atom is -0.382 e. The summed E-state index contributed by atoms with van der Waals surface area (Å²) in [5.41, 5.74) is 7.85. The largest absolute Gasteiger partial charge is 0.382 e. The number of anilines is 1. The van der Waals surface area contributed by atoms with Gasteiger partial charge in [0, 0.05) is 17.1 Å². The van der Waals surface area contributed by atoms with Crippen molar-refractivity contribution >= 4 is 16.6 Å². The maximum absolute atomic E-state index is 5.79. The predicted octanol–water partition coefficient (Wildman–Crippen LogP) is 2.92. The summed E-state index contributed by atoms with van der Waals surface area (Å²) in [5, 5.41) is 6.71. The zero-order valence-electron chi connectivity index (χ0n) is 9.59. The number of aromatic nitrogens is 2. The minimum atomic E-state index is 0.581. The van der Waals surface area contributed by atoms with Crippen LogP contribution in [-0.4, -0.2) is 9.78 Å². The van der Waals surface area contributed by atoms with E-state index in [1.807, 2.05) is 42.1 Å². The predicted molar refractivity (Wildman–Crippen MR) is 70.2 cm³/mol. The summed E-state index contributed by atoms with van der Waals surface area (Å²) >= 11 is 0. The molecular weight excluding hydrogens is 210 g/mol. The normalized spacial score (nSPS) is 10.9. The lowest BCUT2D eigenvalue weighted by Gasteiger charge is -2.05. The van der Waals surface area contributed by atoms with Crippen LogP contribution in [0.15, 0.2) is 48.7 Å². The van der Waals surface area contributed by atoms with Crippen LogP contribution in [0, 0.1) is 6.92 Å². The maximum Gasteiger partial charge on any atom is 0.148 e. The van der Waals surface area contributed by atoms with Gasteiger partial charge in [-0.25, -0.2) is 4.68 Å². The van der Waals surface area contributed by atoms with Gasteiger partial charge < -0.3 is 5.73 Å². The fourth-order valence-electron chi connectivity index (χ4n) is 2.00. The molecule has 0 aliphatic carbocycles. The van der Waals surface area contributed by atoms with E-state index in [1.54, 1.807) is 0 Å². The highest BCUT2D eigenvalue weighted by Gasteiger charge is 2.06. The Balaban J connectivity index is 2.30. The third-order valence-corrected chi connectivity index (χ3v) is 2.95. The molecule has 3 aromatic rings. The van der Waals surface area contributed by atoms with E-state index in [2.05, 4.69) is 23.3 Å². The smallest absolute Gasteiger partial charge is 0.148 e. The van der Waals surface area contributed by atoms with E-state index in [0.29, 0.717) is 5.82 Å². The lowest BCUT2D eigenvalue weighted by atomic mass is 10.1. The van der Waals surface area contributed by atoms with E-state index in [0.717, 1.165) is 11.3 Å². The highest BCUT2D eigenvalue weighted by molar-refractivity contribution is 5.90. The second-order valence-corrected chi connectivity index (χ2v) is 4.14. The zero-order valence-corrected chi connectivity index (χ0v) is 9.59. The van der Waals surface area contributed by atoms with Crippen LogP contribution in [-0.2, 0) is 0 Å². The summed E-state index contributed by atoms with van der Waals surface area (Å²) in [6, 6.07) is 14.4. The molecule has 2 N–H and O–H groups in total. The SMILES string of the molecule is Cc1cn(-c2cccc3ccccc23)nc1N. The van der Waals surface area contributed by atoms with Gasteiger partial charge in [0.25, 0.3) is 0 Å². The van der Waals surface area contributed by atoms with E-state index < -0.39 is 0 Å². The molecule has 0 unspecified atom stereocenters. The Bertz CT molecular complexity index is 658. The Morgan fingerprint density at radius 3 is 2.59 bits per heavy atom. The van der Waals surface area contributed by atoms with Gasteiger partial charge in [-0.15, -0.1) is 0 Å². The molecule has 0 fully saturated rings. The number of nitrogens with two attached hydrogens (primary N) is 1. The average Bonchev–Trinajstić information content (AvgIpc) is 2.69. The minimum absolute atomic E-state index is 0.581. The highest BCUT2D eigenvalue weighted by atomic mass is 15.3. The number of rotatable bonds is 1. The maximum atomic E-state index is 5.79. The van der Waals surface area contributed by atoms with Gasteiger partial charge in [-0.1, -0.05) is 36.4 Å². The van der Waals surface area contributed by atoms with Gasteiger partial charge in [0.05, 0.1) is 5.69 Å². The Hall–Kier alpha value is -2.29. The molecule has 3 rings (SSSR count). The summed E-state index contributed by atoms with van der Waals surface area (Å²) in [7, 11) is 0. The van der Waals surface area contributed by atoms with Gasteiger partial charge >= 0.3 is 0 Å². The number of hydrogen-bond donors (Lipinski definition) is 1. The summed E-state index contributed by atoms with van der Waals surface area (Å²) in [6.07, 6.45) is 1.96. The van der Waals surface area contributed by atoms with Crippen LogP contribution in [0.3, 0.4) is 0 Å². The first-order chi connectivity index (χ1) is 8.25. The Morgan fingerprint density at radius 2 is 1.82 bits per heavy atom. The van der Waals surface area contributed by atoms with Crippen molar-refractivity contribution in [3.8, 4) is 5.69 Å².